The summed E-state index contributed by atoms with van der Waals surface area (Å²) >= 11 is 5.68. The minimum Gasteiger partial charge on any atom is -0.497 e. The predicted molar refractivity (Wildman–Crippen MR) is 106 cm³/mol. The molecule has 1 aliphatic rings. The first-order valence-corrected chi connectivity index (χ1v) is 8.90. The summed E-state index contributed by atoms with van der Waals surface area (Å²) in [5.41, 5.74) is 1.71. The van der Waals surface area contributed by atoms with Crippen molar-refractivity contribution in [3.05, 3.63) is 72.4 Å². The SMILES string of the molecule is COc1ccc(N2C(=S)N[C@@H](c3ccccn3)[C@H]2c2ccco2)c(OC)c1. The zero-order chi connectivity index (χ0) is 18.8. The molecular weight excluding hydrogens is 362 g/mol. The lowest BCUT2D eigenvalue weighted by atomic mass is 10.0. The van der Waals surface area contributed by atoms with Crippen molar-refractivity contribution in [2.45, 2.75) is 12.1 Å². The number of hydrogen-bond acceptors (Lipinski definition) is 5. The van der Waals surface area contributed by atoms with E-state index < -0.39 is 0 Å². The smallest absolute Gasteiger partial charge is 0.174 e. The lowest BCUT2D eigenvalue weighted by Gasteiger charge is -2.27. The van der Waals surface area contributed by atoms with Crippen LogP contribution in [-0.4, -0.2) is 24.3 Å². The van der Waals surface area contributed by atoms with Crippen LogP contribution in [0.25, 0.3) is 0 Å². The number of nitrogens with one attached hydrogen (secondary N) is 1. The molecule has 27 heavy (non-hydrogen) atoms. The molecule has 4 rings (SSSR count). The van der Waals surface area contributed by atoms with Gasteiger partial charge in [0.05, 0.1) is 37.9 Å². The minimum atomic E-state index is -0.204. The molecule has 1 aromatic carbocycles. The summed E-state index contributed by atoms with van der Waals surface area (Å²) in [4.78, 5) is 6.52. The summed E-state index contributed by atoms with van der Waals surface area (Å²) in [5, 5.41) is 3.96. The van der Waals surface area contributed by atoms with E-state index in [4.69, 9.17) is 26.1 Å². The number of aromatic nitrogens is 1. The fraction of sp³-hybridized carbons (Fsp3) is 0.200. The number of nitrogens with zero attached hydrogens (tertiary/aromatic N) is 2. The Balaban J connectivity index is 1.83. The second kappa shape index (κ2) is 7.28. The molecule has 0 bridgehead atoms. The quantitative estimate of drug-likeness (QED) is 0.673. The van der Waals surface area contributed by atoms with E-state index in [1.54, 1.807) is 26.7 Å². The first-order chi connectivity index (χ1) is 13.2. The third-order valence-electron chi connectivity index (χ3n) is 4.58. The molecule has 3 aromatic rings. The number of ether oxygens (including phenoxy) is 2. The predicted octanol–water partition coefficient (Wildman–Crippen LogP) is 3.87. The zero-order valence-corrected chi connectivity index (χ0v) is 15.8. The lowest BCUT2D eigenvalue weighted by Crippen LogP contribution is -2.29. The van der Waals surface area contributed by atoms with Gasteiger partial charge in [0.1, 0.15) is 23.3 Å². The molecule has 1 saturated heterocycles. The number of thiocarbonyl (C=S) groups is 1. The number of benzene rings is 1. The van der Waals surface area contributed by atoms with Crippen molar-refractivity contribution in [2.75, 3.05) is 19.1 Å². The highest BCUT2D eigenvalue weighted by Crippen LogP contribution is 2.45. The topological polar surface area (TPSA) is 59.8 Å². The number of pyridine rings is 1. The molecule has 6 nitrogen and oxygen atoms in total. The van der Waals surface area contributed by atoms with Crippen LogP contribution in [-0.2, 0) is 0 Å². The highest BCUT2D eigenvalue weighted by Gasteiger charge is 2.43. The van der Waals surface area contributed by atoms with Gasteiger partial charge in [0, 0.05) is 12.3 Å². The fourth-order valence-electron chi connectivity index (χ4n) is 3.35. The fourth-order valence-corrected chi connectivity index (χ4v) is 3.69. The maximum absolute atomic E-state index is 5.75. The second-order valence-corrected chi connectivity index (χ2v) is 6.44. The van der Waals surface area contributed by atoms with Crippen LogP contribution in [0.15, 0.2) is 65.4 Å². The zero-order valence-electron chi connectivity index (χ0n) is 15.0. The molecule has 0 aliphatic carbocycles. The molecule has 2 atom stereocenters. The van der Waals surface area contributed by atoms with Crippen LogP contribution in [0, 0.1) is 0 Å². The average molecular weight is 381 g/mol. The van der Waals surface area contributed by atoms with Crippen LogP contribution in [0.1, 0.15) is 23.5 Å². The van der Waals surface area contributed by atoms with E-state index >= 15 is 0 Å². The van der Waals surface area contributed by atoms with E-state index in [0.29, 0.717) is 16.6 Å². The van der Waals surface area contributed by atoms with Crippen LogP contribution in [0.5, 0.6) is 11.5 Å². The molecule has 2 aromatic heterocycles. The van der Waals surface area contributed by atoms with Gasteiger partial charge in [0.15, 0.2) is 5.11 Å². The van der Waals surface area contributed by atoms with E-state index in [1.165, 1.54) is 0 Å². The van der Waals surface area contributed by atoms with Gasteiger partial charge in [0.2, 0.25) is 0 Å². The number of rotatable bonds is 5. The number of anilines is 1. The van der Waals surface area contributed by atoms with E-state index in [1.807, 2.05) is 53.4 Å². The normalized spacial score (nSPS) is 19.0. The maximum Gasteiger partial charge on any atom is 0.174 e. The molecule has 138 valence electrons. The van der Waals surface area contributed by atoms with Gasteiger partial charge < -0.3 is 24.1 Å². The van der Waals surface area contributed by atoms with Gasteiger partial charge >= 0.3 is 0 Å². The average Bonchev–Trinajstić information content (AvgIpc) is 3.35. The third kappa shape index (κ3) is 3.10. The summed E-state index contributed by atoms with van der Waals surface area (Å²) in [6.45, 7) is 0. The van der Waals surface area contributed by atoms with Crippen molar-refractivity contribution < 1.29 is 13.9 Å². The van der Waals surface area contributed by atoms with Crippen LogP contribution in [0.4, 0.5) is 5.69 Å². The van der Waals surface area contributed by atoms with Crippen molar-refractivity contribution in [2.24, 2.45) is 0 Å². The van der Waals surface area contributed by atoms with Gasteiger partial charge in [-0.1, -0.05) is 6.07 Å². The van der Waals surface area contributed by atoms with Crippen LogP contribution < -0.4 is 19.7 Å². The highest BCUT2D eigenvalue weighted by molar-refractivity contribution is 7.80. The largest absolute Gasteiger partial charge is 0.497 e. The number of furan rings is 1. The summed E-state index contributed by atoms with van der Waals surface area (Å²) in [5.74, 6) is 2.16. The Morgan fingerprint density at radius 1 is 1.11 bits per heavy atom. The monoisotopic (exact) mass is 381 g/mol. The molecule has 0 unspecified atom stereocenters. The Hall–Kier alpha value is -3.06. The Bertz CT molecular complexity index is 931. The first kappa shape index (κ1) is 17.4. The molecule has 1 fully saturated rings. The summed E-state index contributed by atoms with van der Waals surface area (Å²) in [6, 6.07) is 14.9. The molecule has 0 radical (unpaired) electrons. The van der Waals surface area contributed by atoms with Gasteiger partial charge in [-0.25, -0.2) is 0 Å². The second-order valence-electron chi connectivity index (χ2n) is 6.05. The Morgan fingerprint density at radius 2 is 2.00 bits per heavy atom. The molecule has 7 heteroatoms. The summed E-state index contributed by atoms with van der Waals surface area (Å²) in [7, 11) is 3.25. The Morgan fingerprint density at radius 3 is 2.67 bits per heavy atom. The van der Waals surface area contributed by atoms with E-state index in [-0.39, 0.29) is 12.1 Å². The standard InChI is InChI=1S/C20H19N3O3S/c1-24-13-8-9-15(17(12-13)25-2)23-19(16-7-5-11-26-16)18(22-20(23)27)14-6-3-4-10-21-14/h3-12,18-19H,1-2H3,(H,22,27)/t18-,19+/m0/s1. The first-order valence-electron chi connectivity index (χ1n) is 8.49. The van der Waals surface area contributed by atoms with Crippen LogP contribution in [0.3, 0.4) is 0 Å². The molecule has 0 amide bonds. The molecular formula is C20H19N3O3S. The maximum atomic E-state index is 5.75. The molecule has 0 spiro atoms. The van der Waals surface area contributed by atoms with E-state index in [2.05, 4.69) is 10.3 Å². The molecule has 3 heterocycles. The van der Waals surface area contributed by atoms with E-state index in [9.17, 15) is 0 Å². The van der Waals surface area contributed by atoms with Crippen molar-refractivity contribution in [3.63, 3.8) is 0 Å². The van der Waals surface area contributed by atoms with E-state index in [0.717, 1.165) is 17.1 Å². The Labute approximate surface area is 162 Å². The van der Waals surface area contributed by atoms with Gasteiger partial charge in [-0.2, -0.15) is 0 Å². The van der Waals surface area contributed by atoms with Crippen molar-refractivity contribution in [3.8, 4) is 11.5 Å². The number of hydrogen-bond donors (Lipinski definition) is 1. The summed E-state index contributed by atoms with van der Waals surface area (Å²) < 4.78 is 16.7. The summed E-state index contributed by atoms with van der Waals surface area (Å²) in [6.07, 6.45) is 3.44. The third-order valence-corrected chi connectivity index (χ3v) is 4.89. The van der Waals surface area contributed by atoms with Gasteiger partial charge in [-0.3, -0.25) is 4.98 Å². The Kier molecular flexibility index (Phi) is 4.68. The molecule has 0 saturated carbocycles. The van der Waals surface area contributed by atoms with Crippen molar-refractivity contribution >= 4 is 23.0 Å². The lowest BCUT2D eigenvalue weighted by molar-refractivity contribution is 0.392. The highest BCUT2D eigenvalue weighted by atomic mass is 32.1. The van der Waals surface area contributed by atoms with Gasteiger partial charge in [0.25, 0.3) is 0 Å². The van der Waals surface area contributed by atoms with Crippen molar-refractivity contribution in [1.82, 2.24) is 10.3 Å². The van der Waals surface area contributed by atoms with Gasteiger partial charge in [-0.15, -0.1) is 0 Å². The molecule has 1 N–H and O–H groups in total. The minimum absolute atomic E-state index is 0.156. The number of methoxy groups -OCH3 is 2. The van der Waals surface area contributed by atoms with Crippen LogP contribution >= 0.6 is 12.2 Å². The van der Waals surface area contributed by atoms with Gasteiger partial charge in [-0.05, 0) is 48.6 Å². The van der Waals surface area contributed by atoms with Crippen molar-refractivity contribution in [1.29, 1.82) is 0 Å². The van der Waals surface area contributed by atoms with Crippen LogP contribution in [0.2, 0.25) is 0 Å². The molecule has 1 aliphatic heterocycles.